The molecule has 3 heteroatoms. The monoisotopic (exact) mass is 210 g/mol. The maximum Gasteiger partial charge on any atom is 0.306 e. The summed E-state index contributed by atoms with van der Waals surface area (Å²) in [5, 5.41) is 0. The number of rotatable bonds is 2. The van der Waals surface area contributed by atoms with E-state index in [2.05, 4.69) is 6.92 Å². The molecule has 2 fully saturated rings. The number of Topliss-reactive ketones (excluding diaryl/α,β-unsaturated/α-hetero) is 1. The normalized spacial score (nSPS) is 36.3. The number of carbonyl (C=O) groups excluding carboxylic acids is 2. The van der Waals surface area contributed by atoms with Gasteiger partial charge in [0.05, 0.1) is 0 Å². The molecule has 0 radical (unpaired) electrons. The Morgan fingerprint density at radius 1 is 1.20 bits per heavy atom. The van der Waals surface area contributed by atoms with E-state index in [-0.39, 0.29) is 17.7 Å². The lowest BCUT2D eigenvalue weighted by atomic mass is 9.79. The second-order valence-electron chi connectivity index (χ2n) is 4.88. The fourth-order valence-corrected chi connectivity index (χ4v) is 2.53. The van der Waals surface area contributed by atoms with Crippen molar-refractivity contribution in [1.82, 2.24) is 0 Å². The van der Waals surface area contributed by atoms with Crippen LogP contribution in [0.5, 0.6) is 0 Å². The number of esters is 1. The fraction of sp³-hybridized carbons (Fsp3) is 0.833. The van der Waals surface area contributed by atoms with E-state index in [0.717, 1.165) is 31.6 Å². The molecule has 0 aromatic carbocycles. The first kappa shape index (κ1) is 10.7. The van der Waals surface area contributed by atoms with E-state index in [0.29, 0.717) is 12.8 Å². The van der Waals surface area contributed by atoms with E-state index in [4.69, 9.17) is 4.74 Å². The molecule has 1 saturated heterocycles. The fourth-order valence-electron chi connectivity index (χ4n) is 2.53. The van der Waals surface area contributed by atoms with Gasteiger partial charge in [0.15, 0.2) is 11.9 Å². The molecule has 84 valence electrons. The Hall–Kier alpha value is -0.860. The van der Waals surface area contributed by atoms with Crippen molar-refractivity contribution in [2.24, 2.45) is 11.8 Å². The Morgan fingerprint density at radius 3 is 2.40 bits per heavy atom. The second kappa shape index (κ2) is 4.33. The van der Waals surface area contributed by atoms with E-state index < -0.39 is 6.10 Å². The van der Waals surface area contributed by atoms with Crippen LogP contribution < -0.4 is 0 Å². The molecule has 0 bridgehead atoms. The highest BCUT2D eigenvalue weighted by Gasteiger charge is 2.35. The summed E-state index contributed by atoms with van der Waals surface area (Å²) in [6.07, 6.45) is 4.83. The van der Waals surface area contributed by atoms with Gasteiger partial charge >= 0.3 is 5.97 Å². The van der Waals surface area contributed by atoms with E-state index in [1.807, 2.05) is 0 Å². The molecule has 1 atom stereocenters. The Labute approximate surface area is 90.2 Å². The number of cyclic esters (lactones) is 1. The zero-order valence-electron chi connectivity index (χ0n) is 9.20. The third-order valence-corrected chi connectivity index (χ3v) is 3.62. The molecule has 3 nitrogen and oxygen atoms in total. The van der Waals surface area contributed by atoms with Gasteiger partial charge in [-0.15, -0.1) is 0 Å². The summed E-state index contributed by atoms with van der Waals surface area (Å²) in [6.45, 7) is 2.23. The first-order valence-electron chi connectivity index (χ1n) is 5.90. The predicted molar refractivity (Wildman–Crippen MR) is 55.2 cm³/mol. The average Bonchev–Trinajstić information content (AvgIpc) is 2.65. The largest absolute Gasteiger partial charge is 0.454 e. The van der Waals surface area contributed by atoms with Gasteiger partial charge in [0.2, 0.25) is 0 Å². The number of carbonyl (C=O) groups is 2. The van der Waals surface area contributed by atoms with Gasteiger partial charge in [0, 0.05) is 18.8 Å². The summed E-state index contributed by atoms with van der Waals surface area (Å²) in [5.41, 5.74) is 0. The third kappa shape index (κ3) is 2.39. The summed E-state index contributed by atoms with van der Waals surface area (Å²) in [4.78, 5) is 22.9. The van der Waals surface area contributed by atoms with Gasteiger partial charge in [-0.25, -0.2) is 0 Å². The van der Waals surface area contributed by atoms with Crippen LogP contribution in [0.3, 0.4) is 0 Å². The van der Waals surface area contributed by atoms with Crippen molar-refractivity contribution in [2.75, 3.05) is 0 Å². The van der Waals surface area contributed by atoms with E-state index >= 15 is 0 Å². The van der Waals surface area contributed by atoms with Crippen LogP contribution in [-0.2, 0) is 14.3 Å². The first-order valence-corrected chi connectivity index (χ1v) is 5.90. The molecular weight excluding hydrogens is 192 g/mol. The third-order valence-electron chi connectivity index (χ3n) is 3.62. The topological polar surface area (TPSA) is 43.4 Å². The van der Waals surface area contributed by atoms with E-state index in [1.165, 1.54) is 0 Å². The molecule has 0 aromatic rings. The van der Waals surface area contributed by atoms with Gasteiger partial charge in [-0.3, -0.25) is 9.59 Å². The minimum atomic E-state index is -0.420. The van der Waals surface area contributed by atoms with E-state index in [1.54, 1.807) is 0 Å². The van der Waals surface area contributed by atoms with Crippen LogP contribution in [0, 0.1) is 11.8 Å². The number of hydrogen-bond acceptors (Lipinski definition) is 3. The Balaban J connectivity index is 1.88. The van der Waals surface area contributed by atoms with Gasteiger partial charge in [-0.05, 0) is 18.8 Å². The summed E-state index contributed by atoms with van der Waals surface area (Å²) < 4.78 is 5.01. The quantitative estimate of drug-likeness (QED) is 0.655. The molecule has 1 heterocycles. The highest BCUT2D eigenvalue weighted by atomic mass is 16.6. The molecule has 1 saturated carbocycles. The maximum absolute atomic E-state index is 12.0. The van der Waals surface area contributed by atoms with Crippen LogP contribution in [0.1, 0.15) is 45.4 Å². The van der Waals surface area contributed by atoms with Crippen LogP contribution in [0.2, 0.25) is 0 Å². The lowest BCUT2D eigenvalue weighted by Gasteiger charge is -2.26. The molecule has 0 spiro atoms. The average molecular weight is 210 g/mol. The highest BCUT2D eigenvalue weighted by Crippen LogP contribution is 2.31. The highest BCUT2D eigenvalue weighted by molar-refractivity contribution is 5.89. The Bertz CT molecular complexity index is 264. The lowest BCUT2D eigenvalue weighted by molar-refractivity contribution is -0.149. The molecular formula is C12H18O3. The van der Waals surface area contributed by atoms with Crippen molar-refractivity contribution in [2.45, 2.75) is 51.6 Å². The van der Waals surface area contributed by atoms with Crippen molar-refractivity contribution >= 4 is 11.8 Å². The molecule has 1 aliphatic carbocycles. The summed E-state index contributed by atoms with van der Waals surface area (Å²) in [6, 6.07) is 0. The number of ketones is 1. The van der Waals surface area contributed by atoms with Crippen LogP contribution in [0.15, 0.2) is 0 Å². The zero-order valence-corrected chi connectivity index (χ0v) is 9.20. The SMILES string of the molecule is C[C@H]1CC[C@H](C(=O)C2CCC(=O)O2)CC1. The minimum absolute atomic E-state index is 0.150. The lowest BCUT2D eigenvalue weighted by Crippen LogP contribution is -2.30. The number of hydrogen-bond donors (Lipinski definition) is 0. The molecule has 2 aliphatic rings. The maximum atomic E-state index is 12.0. The van der Waals surface area contributed by atoms with Crippen molar-refractivity contribution in [3.05, 3.63) is 0 Å². The predicted octanol–water partition coefficient (Wildman–Crippen LogP) is 2.09. The van der Waals surface area contributed by atoms with Gasteiger partial charge in [0.1, 0.15) is 0 Å². The van der Waals surface area contributed by atoms with E-state index in [9.17, 15) is 9.59 Å². The van der Waals surface area contributed by atoms with Crippen molar-refractivity contribution in [3.8, 4) is 0 Å². The second-order valence-corrected chi connectivity index (χ2v) is 4.88. The smallest absolute Gasteiger partial charge is 0.306 e. The molecule has 0 N–H and O–H groups in total. The van der Waals surface area contributed by atoms with Crippen LogP contribution in [0.25, 0.3) is 0 Å². The summed E-state index contributed by atoms with van der Waals surface area (Å²) in [5.74, 6) is 0.863. The van der Waals surface area contributed by atoms with Crippen molar-refractivity contribution in [3.63, 3.8) is 0 Å². The van der Waals surface area contributed by atoms with Crippen LogP contribution in [-0.4, -0.2) is 17.9 Å². The molecule has 15 heavy (non-hydrogen) atoms. The minimum Gasteiger partial charge on any atom is -0.454 e. The standard InChI is InChI=1S/C12H18O3/c1-8-2-4-9(5-3-8)12(14)10-6-7-11(13)15-10/h8-10H,2-7H2,1H3/t8-,9-,10?. The van der Waals surface area contributed by atoms with Gasteiger partial charge in [-0.2, -0.15) is 0 Å². The van der Waals surface area contributed by atoms with Crippen LogP contribution in [0.4, 0.5) is 0 Å². The number of ether oxygens (including phenoxy) is 1. The summed E-state index contributed by atoms with van der Waals surface area (Å²) in [7, 11) is 0. The molecule has 0 aromatic heterocycles. The molecule has 1 aliphatic heterocycles. The Morgan fingerprint density at radius 2 is 1.87 bits per heavy atom. The molecule has 1 unspecified atom stereocenters. The Kier molecular flexibility index (Phi) is 3.08. The first-order chi connectivity index (χ1) is 7.16. The van der Waals surface area contributed by atoms with Crippen LogP contribution >= 0.6 is 0 Å². The molecule has 0 amide bonds. The van der Waals surface area contributed by atoms with Crippen molar-refractivity contribution in [1.29, 1.82) is 0 Å². The van der Waals surface area contributed by atoms with Gasteiger partial charge < -0.3 is 4.74 Å². The van der Waals surface area contributed by atoms with Crippen molar-refractivity contribution < 1.29 is 14.3 Å². The summed E-state index contributed by atoms with van der Waals surface area (Å²) >= 11 is 0. The molecule has 2 rings (SSSR count). The van der Waals surface area contributed by atoms with Gasteiger partial charge in [0.25, 0.3) is 0 Å². The zero-order chi connectivity index (χ0) is 10.8. The van der Waals surface area contributed by atoms with Gasteiger partial charge in [-0.1, -0.05) is 19.8 Å².